The maximum atomic E-state index is 12.6. The lowest BCUT2D eigenvalue weighted by Gasteiger charge is -2.31. The fourth-order valence-corrected chi connectivity index (χ4v) is 2.90. The van der Waals surface area contributed by atoms with Gasteiger partial charge in [-0.3, -0.25) is 9.48 Å². The molecule has 1 aliphatic heterocycles. The number of likely N-dealkylation sites (tertiary alicyclic amines) is 1. The third kappa shape index (κ3) is 4.32. The minimum Gasteiger partial charge on any atom is -0.479 e. The first-order valence-electron chi connectivity index (χ1n) is 8.34. The molecule has 2 aromatic rings. The molecule has 0 unspecified atom stereocenters. The number of aromatic nitrogens is 3. The molecule has 1 fully saturated rings. The SMILES string of the molecule is COc1nn(C)cc1C(=O)N1CCC(Oc2ccc(C(F)(F)F)cn2)CC1. The van der Waals surface area contributed by atoms with Crippen molar-refractivity contribution in [1.82, 2.24) is 19.7 Å². The van der Waals surface area contributed by atoms with E-state index in [9.17, 15) is 18.0 Å². The van der Waals surface area contributed by atoms with Crippen LogP contribution in [0.3, 0.4) is 0 Å². The molecule has 3 heterocycles. The van der Waals surface area contributed by atoms with Gasteiger partial charge < -0.3 is 14.4 Å². The number of amides is 1. The van der Waals surface area contributed by atoms with Gasteiger partial charge in [0.15, 0.2) is 0 Å². The normalized spacial score (nSPS) is 15.7. The number of hydrogen-bond acceptors (Lipinski definition) is 5. The Morgan fingerprint density at radius 1 is 1.26 bits per heavy atom. The molecular formula is C17H19F3N4O3. The van der Waals surface area contributed by atoms with Crippen molar-refractivity contribution in [2.75, 3.05) is 20.2 Å². The second-order valence-electron chi connectivity index (χ2n) is 6.22. The summed E-state index contributed by atoms with van der Waals surface area (Å²) in [5.74, 6) is 0.239. The second kappa shape index (κ2) is 7.45. The van der Waals surface area contributed by atoms with Gasteiger partial charge in [-0.25, -0.2) is 4.98 Å². The number of piperidine rings is 1. The summed E-state index contributed by atoms with van der Waals surface area (Å²) in [7, 11) is 3.16. The molecule has 0 aliphatic carbocycles. The van der Waals surface area contributed by atoms with E-state index in [0.29, 0.717) is 31.5 Å². The van der Waals surface area contributed by atoms with E-state index in [2.05, 4.69) is 10.1 Å². The van der Waals surface area contributed by atoms with Crippen molar-refractivity contribution >= 4 is 5.91 Å². The van der Waals surface area contributed by atoms with Gasteiger partial charge >= 0.3 is 6.18 Å². The average molecular weight is 384 g/mol. The molecule has 0 atom stereocenters. The Balaban J connectivity index is 1.56. The molecule has 146 valence electrons. The topological polar surface area (TPSA) is 69.5 Å². The minimum absolute atomic E-state index is 0.140. The van der Waals surface area contributed by atoms with Crippen molar-refractivity contribution in [2.45, 2.75) is 25.1 Å². The maximum absolute atomic E-state index is 12.6. The molecular weight excluding hydrogens is 365 g/mol. The van der Waals surface area contributed by atoms with E-state index in [1.165, 1.54) is 17.9 Å². The van der Waals surface area contributed by atoms with Crippen LogP contribution >= 0.6 is 0 Å². The molecule has 1 aliphatic rings. The molecule has 3 rings (SSSR count). The smallest absolute Gasteiger partial charge is 0.417 e. The molecule has 0 spiro atoms. The average Bonchev–Trinajstić information content (AvgIpc) is 3.02. The number of ether oxygens (including phenoxy) is 2. The summed E-state index contributed by atoms with van der Waals surface area (Å²) < 4.78 is 50.0. The van der Waals surface area contributed by atoms with E-state index in [0.717, 1.165) is 12.3 Å². The number of alkyl halides is 3. The molecule has 0 aromatic carbocycles. The van der Waals surface area contributed by atoms with Crippen LogP contribution in [-0.2, 0) is 13.2 Å². The Labute approximate surface area is 153 Å². The molecule has 27 heavy (non-hydrogen) atoms. The molecule has 0 bridgehead atoms. The Morgan fingerprint density at radius 2 is 1.96 bits per heavy atom. The van der Waals surface area contributed by atoms with Crippen molar-refractivity contribution in [3.05, 3.63) is 35.7 Å². The van der Waals surface area contributed by atoms with Gasteiger partial charge in [-0.15, -0.1) is 5.10 Å². The number of carbonyl (C=O) groups excluding carboxylic acids is 1. The van der Waals surface area contributed by atoms with E-state index in [4.69, 9.17) is 9.47 Å². The zero-order valence-corrected chi connectivity index (χ0v) is 14.9. The molecule has 0 saturated carbocycles. The van der Waals surface area contributed by atoms with Gasteiger partial charge in [0.25, 0.3) is 5.91 Å². The fourth-order valence-electron chi connectivity index (χ4n) is 2.90. The van der Waals surface area contributed by atoms with Crippen LogP contribution in [0.2, 0.25) is 0 Å². The van der Waals surface area contributed by atoms with Gasteiger partial charge in [0.1, 0.15) is 11.7 Å². The van der Waals surface area contributed by atoms with E-state index < -0.39 is 11.7 Å². The van der Waals surface area contributed by atoms with Crippen LogP contribution in [0.5, 0.6) is 11.8 Å². The maximum Gasteiger partial charge on any atom is 0.417 e. The van der Waals surface area contributed by atoms with Gasteiger partial charge in [-0.1, -0.05) is 0 Å². The van der Waals surface area contributed by atoms with Gasteiger partial charge in [0, 0.05) is 51.4 Å². The molecule has 1 amide bonds. The first kappa shape index (κ1) is 19.0. The van der Waals surface area contributed by atoms with Crippen LogP contribution in [0.15, 0.2) is 24.5 Å². The predicted molar refractivity (Wildman–Crippen MR) is 88.6 cm³/mol. The van der Waals surface area contributed by atoms with Crippen LogP contribution in [0, 0.1) is 0 Å². The van der Waals surface area contributed by atoms with Crippen molar-refractivity contribution < 1.29 is 27.4 Å². The van der Waals surface area contributed by atoms with Gasteiger partial charge in [-0.2, -0.15) is 13.2 Å². The third-order valence-corrected chi connectivity index (χ3v) is 4.30. The first-order chi connectivity index (χ1) is 12.8. The lowest BCUT2D eigenvalue weighted by Crippen LogP contribution is -2.41. The van der Waals surface area contributed by atoms with Gasteiger partial charge in [-0.05, 0) is 6.07 Å². The molecule has 2 aromatic heterocycles. The summed E-state index contributed by atoms with van der Waals surface area (Å²) in [6, 6.07) is 2.15. The van der Waals surface area contributed by atoms with Crippen LogP contribution in [0.1, 0.15) is 28.8 Å². The highest BCUT2D eigenvalue weighted by atomic mass is 19.4. The molecule has 7 nitrogen and oxygen atoms in total. The monoisotopic (exact) mass is 384 g/mol. The van der Waals surface area contributed by atoms with Crippen LogP contribution in [-0.4, -0.2) is 51.9 Å². The number of halogens is 3. The molecule has 0 N–H and O–H groups in total. The molecule has 1 saturated heterocycles. The van der Waals surface area contributed by atoms with Crippen molar-refractivity contribution in [3.63, 3.8) is 0 Å². The lowest BCUT2D eigenvalue weighted by atomic mass is 10.1. The molecule has 0 radical (unpaired) electrons. The lowest BCUT2D eigenvalue weighted by molar-refractivity contribution is -0.137. The van der Waals surface area contributed by atoms with Gasteiger partial charge in [0.2, 0.25) is 11.8 Å². The highest BCUT2D eigenvalue weighted by Gasteiger charge is 2.31. The summed E-state index contributed by atoms with van der Waals surface area (Å²) >= 11 is 0. The van der Waals surface area contributed by atoms with Crippen LogP contribution in [0.4, 0.5) is 13.2 Å². The quantitative estimate of drug-likeness (QED) is 0.810. The standard InChI is InChI=1S/C17H19F3N4O3/c1-23-10-13(15(22-23)26-2)16(25)24-7-5-12(6-8-24)27-14-4-3-11(9-21-14)17(18,19)20/h3-4,9-10,12H,5-8H2,1-2H3. The van der Waals surface area contributed by atoms with E-state index in [1.54, 1.807) is 18.1 Å². The van der Waals surface area contributed by atoms with Crippen molar-refractivity contribution in [2.24, 2.45) is 7.05 Å². The summed E-state index contributed by atoms with van der Waals surface area (Å²) in [4.78, 5) is 18.0. The number of methoxy groups -OCH3 is 1. The number of nitrogens with zero attached hydrogens (tertiary/aromatic N) is 4. The van der Waals surface area contributed by atoms with E-state index in [1.807, 2.05) is 0 Å². The van der Waals surface area contributed by atoms with Crippen LogP contribution in [0.25, 0.3) is 0 Å². The zero-order valence-electron chi connectivity index (χ0n) is 14.9. The first-order valence-corrected chi connectivity index (χ1v) is 8.34. The Bertz CT molecular complexity index is 797. The van der Waals surface area contributed by atoms with E-state index >= 15 is 0 Å². The number of carbonyl (C=O) groups is 1. The van der Waals surface area contributed by atoms with Crippen LogP contribution < -0.4 is 9.47 Å². The van der Waals surface area contributed by atoms with Crippen molar-refractivity contribution in [3.8, 4) is 11.8 Å². The number of pyridine rings is 1. The Morgan fingerprint density at radius 3 is 2.52 bits per heavy atom. The number of aryl methyl sites for hydroxylation is 1. The number of rotatable bonds is 4. The third-order valence-electron chi connectivity index (χ3n) is 4.30. The summed E-state index contributed by atoms with van der Waals surface area (Å²) in [6.45, 7) is 0.921. The van der Waals surface area contributed by atoms with Crippen molar-refractivity contribution in [1.29, 1.82) is 0 Å². The Kier molecular flexibility index (Phi) is 5.24. The Hall–Kier alpha value is -2.78. The highest BCUT2D eigenvalue weighted by molar-refractivity contribution is 5.96. The summed E-state index contributed by atoms with van der Waals surface area (Å²) in [5, 5.41) is 4.07. The second-order valence-corrected chi connectivity index (χ2v) is 6.22. The largest absolute Gasteiger partial charge is 0.479 e. The molecule has 10 heteroatoms. The van der Waals surface area contributed by atoms with E-state index in [-0.39, 0.29) is 23.8 Å². The number of hydrogen-bond donors (Lipinski definition) is 0. The summed E-state index contributed by atoms with van der Waals surface area (Å²) in [5.41, 5.74) is -0.426. The highest BCUT2D eigenvalue weighted by Crippen LogP contribution is 2.29. The minimum atomic E-state index is -4.43. The van der Waals surface area contributed by atoms with Gasteiger partial charge in [0.05, 0.1) is 12.7 Å². The zero-order chi connectivity index (χ0) is 19.6. The predicted octanol–water partition coefficient (Wildman–Crippen LogP) is 2.53. The fraction of sp³-hybridized carbons (Fsp3) is 0.471. The summed E-state index contributed by atoms with van der Waals surface area (Å²) in [6.07, 6.45) is -1.17.